The van der Waals surface area contributed by atoms with Gasteiger partial charge in [-0.1, -0.05) is 90.5 Å². The molecule has 9 heteroatoms. The standard InChI is InChI=1S/C34H36ClN3O4S/c1-34(2,3)36-33(40)31(23-26-13-7-4-8-14-26)37(24-27-15-9-5-10-16-27)32(39)25-38(29-17-11-6-12-18-29)43(41,42)30-21-19-28(35)20-22-30/h4-22,31H,23-25H2,1-3H3,(H,36,40)/t31-/m0/s1. The van der Waals surface area contributed by atoms with Crippen molar-refractivity contribution in [3.63, 3.8) is 0 Å². The lowest BCUT2D eigenvalue weighted by atomic mass is 10.0. The van der Waals surface area contributed by atoms with Crippen molar-refractivity contribution in [1.29, 1.82) is 0 Å². The summed E-state index contributed by atoms with van der Waals surface area (Å²) in [6, 6.07) is 32.2. The number of anilines is 1. The van der Waals surface area contributed by atoms with E-state index in [0.717, 1.165) is 15.4 Å². The third-order valence-electron chi connectivity index (χ3n) is 6.69. The molecule has 0 fully saturated rings. The molecule has 0 saturated heterocycles. The van der Waals surface area contributed by atoms with Gasteiger partial charge in [0.15, 0.2) is 0 Å². The summed E-state index contributed by atoms with van der Waals surface area (Å²) < 4.78 is 29.0. The Kier molecular flexibility index (Phi) is 10.3. The number of carbonyl (C=O) groups excluding carboxylic acids is 2. The second kappa shape index (κ2) is 13.9. The average Bonchev–Trinajstić information content (AvgIpc) is 2.98. The highest BCUT2D eigenvalue weighted by atomic mass is 35.5. The van der Waals surface area contributed by atoms with E-state index in [-0.39, 0.29) is 23.8 Å². The minimum Gasteiger partial charge on any atom is -0.350 e. The molecule has 0 aliphatic heterocycles. The van der Waals surface area contributed by atoms with Crippen molar-refractivity contribution >= 4 is 39.1 Å². The van der Waals surface area contributed by atoms with E-state index in [9.17, 15) is 18.0 Å². The molecule has 0 aliphatic rings. The van der Waals surface area contributed by atoms with Crippen molar-refractivity contribution < 1.29 is 18.0 Å². The van der Waals surface area contributed by atoms with Crippen LogP contribution in [0.15, 0.2) is 120 Å². The zero-order valence-electron chi connectivity index (χ0n) is 24.5. The van der Waals surface area contributed by atoms with E-state index in [1.165, 1.54) is 29.2 Å². The molecule has 0 spiro atoms. The Hall–Kier alpha value is -4.14. The quantitative estimate of drug-likeness (QED) is 0.221. The molecule has 0 bridgehead atoms. The fourth-order valence-electron chi connectivity index (χ4n) is 4.64. The van der Waals surface area contributed by atoms with Gasteiger partial charge in [-0.2, -0.15) is 0 Å². The summed E-state index contributed by atoms with van der Waals surface area (Å²) in [5, 5.41) is 3.42. The maximum Gasteiger partial charge on any atom is 0.264 e. The maximum absolute atomic E-state index is 14.4. The number of halogens is 1. The highest BCUT2D eigenvalue weighted by Gasteiger charge is 2.35. The SMILES string of the molecule is CC(C)(C)NC(=O)[C@H](Cc1ccccc1)N(Cc1ccccc1)C(=O)CN(c1ccccc1)S(=O)(=O)c1ccc(Cl)cc1. The largest absolute Gasteiger partial charge is 0.350 e. The van der Waals surface area contributed by atoms with E-state index in [0.29, 0.717) is 10.7 Å². The van der Waals surface area contributed by atoms with Crippen LogP contribution in [-0.4, -0.2) is 43.3 Å². The van der Waals surface area contributed by atoms with Gasteiger partial charge in [-0.25, -0.2) is 8.42 Å². The smallest absolute Gasteiger partial charge is 0.264 e. The lowest BCUT2D eigenvalue weighted by Gasteiger charge is -2.35. The molecule has 43 heavy (non-hydrogen) atoms. The number of carbonyl (C=O) groups is 2. The van der Waals surface area contributed by atoms with E-state index in [1.54, 1.807) is 30.3 Å². The third kappa shape index (κ3) is 8.69. The molecule has 4 rings (SSSR count). The first-order valence-electron chi connectivity index (χ1n) is 14.0. The normalized spacial score (nSPS) is 12.3. The predicted molar refractivity (Wildman–Crippen MR) is 171 cm³/mol. The molecule has 0 saturated carbocycles. The number of para-hydroxylation sites is 1. The van der Waals surface area contributed by atoms with E-state index in [4.69, 9.17) is 11.6 Å². The highest BCUT2D eigenvalue weighted by Crippen LogP contribution is 2.26. The lowest BCUT2D eigenvalue weighted by molar-refractivity contribution is -0.140. The second-order valence-electron chi connectivity index (χ2n) is 11.3. The van der Waals surface area contributed by atoms with Crippen LogP contribution in [-0.2, 0) is 32.6 Å². The fraction of sp³-hybridized carbons (Fsp3) is 0.235. The minimum absolute atomic E-state index is 0.00512. The number of amides is 2. The Morgan fingerprint density at radius 1 is 0.767 bits per heavy atom. The maximum atomic E-state index is 14.4. The summed E-state index contributed by atoms with van der Waals surface area (Å²) in [6.07, 6.45) is 0.247. The van der Waals surface area contributed by atoms with Crippen molar-refractivity contribution in [3.05, 3.63) is 131 Å². The molecule has 4 aromatic carbocycles. The van der Waals surface area contributed by atoms with E-state index in [2.05, 4.69) is 5.32 Å². The molecule has 0 aliphatic carbocycles. The first-order chi connectivity index (χ1) is 20.4. The fourth-order valence-corrected chi connectivity index (χ4v) is 6.18. The first-order valence-corrected chi connectivity index (χ1v) is 15.8. The Bertz CT molecular complexity index is 1610. The third-order valence-corrected chi connectivity index (χ3v) is 8.73. The van der Waals surface area contributed by atoms with Crippen LogP contribution in [0.4, 0.5) is 5.69 Å². The number of hydrogen-bond acceptors (Lipinski definition) is 4. The summed E-state index contributed by atoms with van der Waals surface area (Å²) >= 11 is 6.03. The molecular formula is C34H36ClN3O4S. The molecule has 1 atom stereocenters. The van der Waals surface area contributed by atoms with Crippen molar-refractivity contribution in [2.45, 2.75) is 50.2 Å². The summed E-state index contributed by atoms with van der Waals surface area (Å²) in [5.74, 6) is -0.845. The van der Waals surface area contributed by atoms with Crippen molar-refractivity contribution in [3.8, 4) is 0 Å². The number of nitrogens with one attached hydrogen (secondary N) is 1. The zero-order chi connectivity index (χ0) is 31.0. The molecular weight excluding hydrogens is 582 g/mol. The van der Waals surface area contributed by atoms with Crippen molar-refractivity contribution in [2.24, 2.45) is 0 Å². The van der Waals surface area contributed by atoms with Gasteiger partial charge in [-0.3, -0.25) is 13.9 Å². The molecule has 2 amide bonds. The van der Waals surface area contributed by atoms with Crippen molar-refractivity contribution in [2.75, 3.05) is 10.8 Å². The molecule has 0 radical (unpaired) electrons. The Morgan fingerprint density at radius 3 is 1.81 bits per heavy atom. The number of rotatable bonds is 11. The Labute approximate surface area is 259 Å². The molecule has 7 nitrogen and oxygen atoms in total. The van der Waals surface area contributed by atoms with Crippen LogP contribution in [0.1, 0.15) is 31.9 Å². The van der Waals surface area contributed by atoms with Crippen molar-refractivity contribution in [1.82, 2.24) is 10.2 Å². The highest BCUT2D eigenvalue weighted by molar-refractivity contribution is 7.92. The van der Waals surface area contributed by atoms with Gasteiger partial charge >= 0.3 is 0 Å². The Morgan fingerprint density at radius 2 is 1.28 bits per heavy atom. The lowest BCUT2D eigenvalue weighted by Crippen LogP contribution is -2.56. The molecule has 0 heterocycles. The van der Waals surface area contributed by atoms with E-state index < -0.39 is 34.1 Å². The van der Waals surface area contributed by atoms with Crippen LogP contribution in [0.25, 0.3) is 0 Å². The van der Waals surface area contributed by atoms with Crippen LogP contribution in [0.5, 0.6) is 0 Å². The van der Waals surface area contributed by atoms with Gasteiger partial charge in [0.25, 0.3) is 10.0 Å². The van der Waals surface area contributed by atoms with Crippen LogP contribution in [0, 0.1) is 0 Å². The topological polar surface area (TPSA) is 86.8 Å². The molecule has 224 valence electrons. The molecule has 0 aromatic heterocycles. The molecule has 0 unspecified atom stereocenters. The molecule has 4 aromatic rings. The summed E-state index contributed by atoms with van der Waals surface area (Å²) in [5.41, 5.74) is 1.45. The zero-order valence-corrected chi connectivity index (χ0v) is 26.1. The summed E-state index contributed by atoms with van der Waals surface area (Å²) in [4.78, 5) is 29.7. The predicted octanol–water partition coefficient (Wildman–Crippen LogP) is 6.09. The van der Waals surface area contributed by atoms with Gasteiger partial charge in [0.1, 0.15) is 12.6 Å². The van der Waals surface area contributed by atoms with Gasteiger partial charge < -0.3 is 10.2 Å². The average molecular weight is 618 g/mol. The number of benzene rings is 4. The summed E-state index contributed by atoms with van der Waals surface area (Å²) in [7, 11) is -4.18. The second-order valence-corrected chi connectivity index (χ2v) is 13.6. The van der Waals surface area contributed by atoms with Crippen LogP contribution in [0.2, 0.25) is 5.02 Å². The van der Waals surface area contributed by atoms with Gasteiger partial charge in [0.2, 0.25) is 11.8 Å². The minimum atomic E-state index is -4.18. The monoisotopic (exact) mass is 617 g/mol. The number of sulfonamides is 1. The molecule has 1 N–H and O–H groups in total. The Balaban J connectivity index is 1.78. The van der Waals surface area contributed by atoms with Crippen LogP contribution in [0.3, 0.4) is 0 Å². The van der Waals surface area contributed by atoms with Crippen LogP contribution < -0.4 is 9.62 Å². The van der Waals surface area contributed by atoms with Gasteiger partial charge in [-0.15, -0.1) is 0 Å². The number of nitrogens with zero attached hydrogens (tertiary/aromatic N) is 2. The van der Waals surface area contributed by atoms with Gasteiger partial charge in [0.05, 0.1) is 10.6 Å². The number of hydrogen-bond donors (Lipinski definition) is 1. The van der Waals surface area contributed by atoms with Gasteiger partial charge in [0, 0.05) is 23.5 Å². The first kappa shape index (κ1) is 31.8. The van der Waals surface area contributed by atoms with Crippen LogP contribution >= 0.6 is 11.6 Å². The van der Waals surface area contributed by atoms with Gasteiger partial charge in [-0.05, 0) is 68.3 Å². The van der Waals surface area contributed by atoms with E-state index in [1.807, 2.05) is 81.4 Å². The summed E-state index contributed by atoms with van der Waals surface area (Å²) in [6.45, 7) is 5.23. The van der Waals surface area contributed by atoms with E-state index >= 15 is 0 Å².